The van der Waals surface area contributed by atoms with Gasteiger partial charge in [-0.15, -0.1) is 15.3 Å². The molecule has 15 atom stereocenters. The molecule has 5 N–H and O–H groups in total. The molecule has 51 heteroatoms. The van der Waals surface area contributed by atoms with Crippen LogP contribution in [0.25, 0.3) is 0 Å². The van der Waals surface area contributed by atoms with E-state index in [2.05, 4.69) is 57.5 Å². The molecule has 3 aromatic rings. The zero-order valence-corrected chi connectivity index (χ0v) is 78.5. The van der Waals surface area contributed by atoms with Gasteiger partial charge in [-0.3, -0.25) is 67.2 Å². The number of rotatable bonds is 67. The van der Waals surface area contributed by atoms with Crippen molar-refractivity contribution in [1.82, 2.24) is 76.5 Å². The smallest absolute Gasteiger partial charge is 0.303 e. The summed E-state index contributed by atoms with van der Waals surface area (Å²) >= 11 is 0. The quantitative estimate of drug-likeness (QED) is 0.0173. The van der Waals surface area contributed by atoms with Crippen molar-refractivity contribution in [1.29, 1.82) is 0 Å². The Morgan fingerprint density at radius 3 is 0.941 bits per heavy atom. The predicted octanol–water partition coefficient (Wildman–Crippen LogP) is -2.22. The second kappa shape index (κ2) is 61.1. The highest BCUT2D eigenvalue weighted by atomic mass is 16.7. The summed E-state index contributed by atoms with van der Waals surface area (Å²) in [7, 11) is 0. The van der Waals surface area contributed by atoms with E-state index in [1.54, 1.807) is 53.4 Å². The van der Waals surface area contributed by atoms with Crippen molar-refractivity contribution >= 4 is 77.2 Å². The molecule has 758 valence electrons. The van der Waals surface area contributed by atoms with E-state index in [0.717, 1.165) is 17.1 Å². The van der Waals surface area contributed by atoms with Crippen LogP contribution in [-0.2, 0) is 211 Å². The van der Waals surface area contributed by atoms with Crippen molar-refractivity contribution in [3.8, 4) is 0 Å². The number of hydrogen-bond donors (Lipinski definition) is 5. The molecule has 7 rings (SSSR count). The standard InChI is InChI=1S/C84H131N15O36/c1-13-65-75(127-56(7)103)78(130-59(10)106)72(86-53(4)100)81(133-65)124-41-38-118-35-32-115-27-22-96-44-62(90-93-96)47-121-50-84(89-69(110)19-25-113-30-31-114-26-20-85-68(109)18-21-99-70(111)16-17-71(99)112,51-122-48-63-45-97(94-91-63)23-28-116-33-36-119-39-42-125-82-73(87-54(5)101)79(131-60(11)107)76(128-57(8)104)66(14-2)134-82)52-123-49-64-46-98(95-92-64)24-29-117-34-37-120-40-43-126-83-74(88-55(6)102)80(132-61(12)108)77(129-58(9)105)67(15-3)135-83/h16-17,44-46,65-67,72-83H,13-15,18-43,47-52H2,1-12H3,(H,85,109)(H,86,100)(H,87,101)(H,88,102)(H,89,110)/t65?,66?,67?,72-,73-,74?,75-,76-,77-,78?,79?,80+,81+,82+,83+,84?/m1/s1. The summed E-state index contributed by atoms with van der Waals surface area (Å²) in [5, 5.41) is 39.5. The fraction of sp³-hybridized carbons (Fsp3) is 0.750. The van der Waals surface area contributed by atoms with Gasteiger partial charge in [0.1, 0.15) is 59.1 Å². The molecule has 0 saturated carbocycles. The number of esters is 6. The second-order valence-electron chi connectivity index (χ2n) is 31.2. The van der Waals surface area contributed by atoms with Gasteiger partial charge < -0.3 is 136 Å². The van der Waals surface area contributed by atoms with Crippen LogP contribution >= 0.6 is 0 Å². The molecule has 135 heavy (non-hydrogen) atoms. The maximum Gasteiger partial charge on any atom is 0.303 e. The maximum absolute atomic E-state index is 14.2. The van der Waals surface area contributed by atoms with Gasteiger partial charge in [0.15, 0.2) is 55.5 Å². The van der Waals surface area contributed by atoms with E-state index in [4.69, 9.17) is 109 Å². The summed E-state index contributed by atoms with van der Waals surface area (Å²) < 4.78 is 139. The molecule has 0 aliphatic carbocycles. The zero-order valence-electron chi connectivity index (χ0n) is 78.5. The Hall–Kier alpha value is -10.2. The highest BCUT2D eigenvalue weighted by molar-refractivity contribution is 6.13. The minimum atomic E-state index is -1.46. The molecule has 4 aliphatic heterocycles. The number of carbonyl (C=O) groups excluding carboxylic acids is 13. The summed E-state index contributed by atoms with van der Waals surface area (Å²) in [5.74, 6) is -7.10. The molecule has 0 aromatic carbocycles. The van der Waals surface area contributed by atoms with Gasteiger partial charge in [-0.1, -0.05) is 36.4 Å². The first-order chi connectivity index (χ1) is 64.9. The number of nitrogens with one attached hydrogen (secondary N) is 5. The van der Waals surface area contributed by atoms with Gasteiger partial charge in [0.05, 0.1) is 203 Å². The number of imide groups is 1. The molecular formula is C84H131N15O36. The number of ether oxygens (including phenoxy) is 23. The Morgan fingerprint density at radius 1 is 0.348 bits per heavy atom. The topological polar surface area (TPSA) is 590 Å². The van der Waals surface area contributed by atoms with Gasteiger partial charge in [-0.2, -0.15) is 0 Å². The fourth-order valence-corrected chi connectivity index (χ4v) is 14.3. The van der Waals surface area contributed by atoms with Gasteiger partial charge >= 0.3 is 35.8 Å². The molecule has 3 fully saturated rings. The molecule has 51 nitrogen and oxygen atoms in total. The van der Waals surface area contributed by atoms with Crippen LogP contribution in [0.5, 0.6) is 0 Å². The maximum atomic E-state index is 14.2. The van der Waals surface area contributed by atoms with E-state index >= 15 is 0 Å². The third-order valence-electron chi connectivity index (χ3n) is 20.0. The van der Waals surface area contributed by atoms with Crippen molar-refractivity contribution in [2.24, 2.45) is 0 Å². The van der Waals surface area contributed by atoms with Crippen LogP contribution in [0.3, 0.4) is 0 Å². The largest absolute Gasteiger partial charge is 0.456 e. The highest BCUT2D eigenvalue weighted by Crippen LogP contribution is 2.33. The van der Waals surface area contributed by atoms with E-state index in [0.29, 0.717) is 36.3 Å². The molecule has 3 aromatic heterocycles. The lowest BCUT2D eigenvalue weighted by Crippen LogP contribution is -2.65. The fourth-order valence-electron chi connectivity index (χ4n) is 14.3. The van der Waals surface area contributed by atoms with Crippen molar-refractivity contribution in [2.45, 2.75) is 252 Å². The zero-order chi connectivity index (χ0) is 98.0. The van der Waals surface area contributed by atoms with Gasteiger partial charge in [0.25, 0.3) is 11.8 Å². The molecule has 0 radical (unpaired) electrons. The van der Waals surface area contributed by atoms with Crippen molar-refractivity contribution in [3.05, 3.63) is 47.8 Å². The van der Waals surface area contributed by atoms with E-state index < -0.39 is 169 Å². The van der Waals surface area contributed by atoms with E-state index in [9.17, 15) is 62.3 Å². The summed E-state index contributed by atoms with van der Waals surface area (Å²) in [4.78, 5) is 161. The Labute approximate surface area is 780 Å². The first-order valence-corrected chi connectivity index (χ1v) is 44.7. The Balaban J connectivity index is 0.945. The molecule has 6 unspecified atom stereocenters. The number of carbonyl (C=O) groups is 13. The van der Waals surface area contributed by atoms with Gasteiger partial charge in [0.2, 0.25) is 29.5 Å². The van der Waals surface area contributed by atoms with Crippen LogP contribution in [0.1, 0.15) is 132 Å². The van der Waals surface area contributed by atoms with Crippen molar-refractivity contribution < 1.29 is 171 Å². The third-order valence-corrected chi connectivity index (χ3v) is 20.0. The summed E-state index contributed by atoms with van der Waals surface area (Å²) in [6.07, 6.45) is -3.72. The van der Waals surface area contributed by atoms with Crippen LogP contribution in [0.2, 0.25) is 0 Å². The normalized spacial score (nSPS) is 22.5. The predicted molar refractivity (Wildman–Crippen MR) is 455 cm³/mol. The lowest BCUT2D eigenvalue weighted by Gasteiger charge is -2.45. The number of hydrogen-bond acceptors (Lipinski definition) is 42. The molecule has 3 saturated heterocycles. The molecule has 0 bridgehead atoms. The minimum Gasteiger partial charge on any atom is -0.456 e. The van der Waals surface area contributed by atoms with E-state index in [-0.39, 0.29) is 217 Å². The lowest BCUT2D eigenvalue weighted by molar-refractivity contribution is -0.273. The first-order valence-electron chi connectivity index (χ1n) is 44.7. The third kappa shape index (κ3) is 41.3. The minimum absolute atomic E-state index is 0.00332. The van der Waals surface area contributed by atoms with Crippen LogP contribution in [-0.4, -0.2) is 383 Å². The van der Waals surface area contributed by atoms with Crippen LogP contribution in [0.15, 0.2) is 30.7 Å². The molecule has 7 heterocycles. The van der Waals surface area contributed by atoms with E-state index in [1.807, 2.05) is 0 Å². The summed E-state index contributed by atoms with van der Waals surface area (Å²) in [6, 6.07) is -3.06. The average Bonchev–Trinajstić information content (AvgIpc) is 1.03. The Bertz CT molecular complexity index is 3840. The lowest BCUT2D eigenvalue weighted by atomic mass is 9.94. The summed E-state index contributed by atoms with van der Waals surface area (Å²) in [5.41, 5.74) is -0.236. The summed E-state index contributed by atoms with van der Waals surface area (Å²) in [6.45, 7) is 18.5. The van der Waals surface area contributed by atoms with Gasteiger partial charge in [-0.25, -0.2) is 14.0 Å². The average molecular weight is 1930 g/mol. The van der Waals surface area contributed by atoms with Crippen LogP contribution in [0, 0.1) is 0 Å². The van der Waals surface area contributed by atoms with Gasteiger partial charge in [0, 0.05) is 100 Å². The van der Waals surface area contributed by atoms with Crippen LogP contribution < -0.4 is 26.6 Å². The van der Waals surface area contributed by atoms with Gasteiger partial charge in [-0.05, 0) is 19.3 Å². The molecule has 7 amide bonds. The Morgan fingerprint density at radius 2 is 0.637 bits per heavy atom. The number of amides is 7. The molecular weight excluding hydrogens is 1790 g/mol. The SMILES string of the molecule is CCC1O[C@H](OCCOCCOCCn2cc(COCC(COCc3cn(CCOCCOCCO[C@H]4OC(CC)[C@@H](OC(C)=O)[C@@H](OC(C)=O)C4NC(C)=O)nn3)(COCc3cn(CCOCCOCCO[C@H]4OC(CC)[C@@H](OC(C)=O)C(OC(C)=O)[C@H]4NC(C)=O)nn3)NC(=O)CCOCCOCCNC(=O)CCN3C(=O)C=CC3=O)nn2)[C@H](NC(C)=O)C(OC(C)=O)[C@@H]1OC(C)=O. The van der Waals surface area contributed by atoms with E-state index in [1.165, 1.54) is 62.3 Å². The van der Waals surface area contributed by atoms with Crippen LogP contribution in [0.4, 0.5) is 0 Å². The monoisotopic (exact) mass is 1930 g/mol. The number of aromatic nitrogens is 9. The Kier molecular flexibility index (Phi) is 50.6. The van der Waals surface area contributed by atoms with Crippen molar-refractivity contribution in [3.63, 3.8) is 0 Å². The first kappa shape index (κ1) is 112. The molecule has 4 aliphatic rings. The van der Waals surface area contributed by atoms with Crippen molar-refractivity contribution in [2.75, 3.05) is 158 Å². The molecule has 0 spiro atoms. The number of nitrogens with zero attached hydrogens (tertiary/aromatic N) is 10. The second-order valence-corrected chi connectivity index (χ2v) is 31.2. The highest BCUT2D eigenvalue weighted by Gasteiger charge is 2.54.